The van der Waals surface area contributed by atoms with Crippen LogP contribution in [0.3, 0.4) is 0 Å². The maximum Gasteiger partial charge on any atom is 0.306 e. The predicted molar refractivity (Wildman–Crippen MR) is 306 cm³/mol. The van der Waals surface area contributed by atoms with Gasteiger partial charge in [-0.15, -0.1) is 0 Å². The Bertz CT molecular complexity index is 1380. The Balaban J connectivity index is 3.53. The average Bonchev–Trinajstić information content (AvgIpc) is 3.36. The van der Waals surface area contributed by atoms with E-state index in [1.807, 2.05) is 0 Å². The number of aliphatic hydroxyl groups excluding tert-OH is 1. The highest BCUT2D eigenvalue weighted by molar-refractivity contribution is 5.70. The number of ether oxygens (including phenoxy) is 2. The van der Waals surface area contributed by atoms with E-state index in [2.05, 4.69) is 123 Å². The van der Waals surface area contributed by atoms with Crippen LogP contribution >= 0.6 is 0 Å². The van der Waals surface area contributed by atoms with Crippen molar-refractivity contribution in [3.05, 3.63) is 109 Å². The lowest BCUT2D eigenvalue weighted by molar-refractivity contribution is -0.161. The number of allylic oxidation sites excluding steroid dienone is 18. The highest BCUT2D eigenvalue weighted by Crippen LogP contribution is 2.16. The Kier molecular flexibility index (Phi) is 56.9. The largest absolute Gasteiger partial charge is 0.462 e. The van der Waals surface area contributed by atoms with Crippen molar-refractivity contribution in [3.63, 3.8) is 0 Å². The Morgan fingerprint density at radius 1 is 0.343 bits per heavy atom. The smallest absolute Gasteiger partial charge is 0.306 e. The number of carbonyl (C=O) groups is 2. The molecule has 0 saturated heterocycles. The van der Waals surface area contributed by atoms with E-state index in [1.165, 1.54) is 148 Å². The van der Waals surface area contributed by atoms with Gasteiger partial charge in [-0.2, -0.15) is 0 Å². The van der Waals surface area contributed by atoms with Gasteiger partial charge in [0.05, 0.1) is 6.61 Å². The van der Waals surface area contributed by atoms with Crippen LogP contribution in [0.5, 0.6) is 0 Å². The van der Waals surface area contributed by atoms with Crippen LogP contribution in [0.1, 0.15) is 271 Å². The van der Waals surface area contributed by atoms with Crippen LogP contribution in [0, 0.1) is 0 Å². The van der Waals surface area contributed by atoms with Crippen molar-refractivity contribution in [1.82, 2.24) is 0 Å². The molecular formula is C65H110O5. The second-order valence-electron chi connectivity index (χ2n) is 19.3. The van der Waals surface area contributed by atoms with Gasteiger partial charge >= 0.3 is 11.9 Å². The maximum absolute atomic E-state index is 12.3. The number of hydrogen-bond donors (Lipinski definition) is 1. The molecule has 0 heterocycles. The molecule has 400 valence electrons. The zero-order valence-corrected chi connectivity index (χ0v) is 45.7. The number of esters is 2. The molecule has 0 rings (SSSR count). The summed E-state index contributed by atoms with van der Waals surface area (Å²) in [5.41, 5.74) is 0. The second-order valence-corrected chi connectivity index (χ2v) is 19.3. The molecule has 0 saturated carbocycles. The highest BCUT2D eigenvalue weighted by atomic mass is 16.6. The summed E-state index contributed by atoms with van der Waals surface area (Å²) >= 11 is 0. The monoisotopic (exact) mass is 971 g/mol. The van der Waals surface area contributed by atoms with Crippen molar-refractivity contribution in [2.45, 2.75) is 277 Å². The van der Waals surface area contributed by atoms with Crippen molar-refractivity contribution in [3.8, 4) is 0 Å². The van der Waals surface area contributed by atoms with E-state index in [9.17, 15) is 14.7 Å². The summed E-state index contributed by atoms with van der Waals surface area (Å²) in [5.74, 6) is -0.600. The first kappa shape index (κ1) is 66.6. The molecule has 0 spiro atoms. The van der Waals surface area contributed by atoms with Gasteiger partial charge in [-0.3, -0.25) is 9.59 Å². The van der Waals surface area contributed by atoms with Gasteiger partial charge in [0.1, 0.15) is 6.61 Å². The second kappa shape index (κ2) is 59.9. The Morgan fingerprint density at radius 3 is 0.929 bits per heavy atom. The molecule has 1 N–H and O–H groups in total. The molecule has 0 fully saturated rings. The van der Waals surface area contributed by atoms with Crippen molar-refractivity contribution in [2.75, 3.05) is 13.2 Å². The maximum atomic E-state index is 12.3. The first-order chi connectivity index (χ1) is 34.6. The quantitative estimate of drug-likeness (QED) is 0.0373. The molecule has 1 unspecified atom stereocenters. The normalized spacial score (nSPS) is 13.0. The van der Waals surface area contributed by atoms with Gasteiger partial charge in [0, 0.05) is 12.8 Å². The fourth-order valence-electron chi connectivity index (χ4n) is 8.15. The Labute approximate surface area is 433 Å². The van der Waals surface area contributed by atoms with Crippen LogP contribution in [0.15, 0.2) is 109 Å². The number of carbonyl (C=O) groups excluding carboxylic acids is 2. The zero-order valence-electron chi connectivity index (χ0n) is 45.7. The van der Waals surface area contributed by atoms with Crippen LogP contribution in [0.4, 0.5) is 0 Å². The number of hydrogen-bond acceptors (Lipinski definition) is 5. The lowest BCUT2D eigenvalue weighted by atomic mass is 10.0. The summed E-state index contributed by atoms with van der Waals surface area (Å²) in [6, 6.07) is 0. The molecular weight excluding hydrogens is 861 g/mol. The van der Waals surface area contributed by atoms with E-state index in [1.54, 1.807) is 0 Å². The lowest BCUT2D eigenvalue weighted by Gasteiger charge is -2.15. The van der Waals surface area contributed by atoms with Crippen LogP contribution in [0.2, 0.25) is 0 Å². The summed E-state index contributed by atoms with van der Waals surface area (Å²) in [7, 11) is 0. The summed E-state index contributed by atoms with van der Waals surface area (Å²) in [4.78, 5) is 24.6. The average molecular weight is 972 g/mol. The van der Waals surface area contributed by atoms with Crippen molar-refractivity contribution >= 4 is 11.9 Å². The lowest BCUT2D eigenvalue weighted by Crippen LogP contribution is -2.28. The fraction of sp³-hybridized carbons (Fsp3) is 0.692. The van der Waals surface area contributed by atoms with E-state index >= 15 is 0 Å². The first-order valence-corrected chi connectivity index (χ1v) is 29.4. The highest BCUT2D eigenvalue weighted by Gasteiger charge is 2.16. The molecule has 1 atom stereocenters. The van der Waals surface area contributed by atoms with Gasteiger partial charge in [-0.25, -0.2) is 0 Å². The molecule has 0 amide bonds. The molecule has 0 radical (unpaired) electrons. The third kappa shape index (κ3) is 57.1. The third-order valence-corrected chi connectivity index (χ3v) is 12.6. The summed E-state index contributed by atoms with van der Waals surface area (Å²) < 4.78 is 10.7. The van der Waals surface area contributed by atoms with Crippen LogP contribution < -0.4 is 0 Å². The van der Waals surface area contributed by atoms with E-state index in [-0.39, 0.29) is 25.2 Å². The Hall–Kier alpha value is -3.44. The van der Waals surface area contributed by atoms with Gasteiger partial charge in [-0.1, -0.05) is 264 Å². The molecule has 0 bridgehead atoms. The van der Waals surface area contributed by atoms with Crippen molar-refractivity contribution in [1.29, 1.82) is 0 Å². The summed E-state index contributed by atoms with van der Waals surface area (Å²) in [6.07, 6.45) is 86.3. The molecule has 5 heteroatoms. The summed E-state index contributed by atoms with van der Waals surface area (Å²) in [6.45, 7) is 4.02. The number of aliphatic hydroxyl groups is 1. The van der Waals surface area contributed by atoms with Gasteiger partial charge in [0.2, 0.25) is 0 Å². The summed E-state index contributed by atoms with van der Waals surface area (Å²) in [5, 5.41) is 9.67. The van der Waals surface area contributed by atoms with Crippen LogP contribution in [-0.2, 0) is 19.1 Å². The first-order valence-electron chi connectivity index (χ1n) is 29.4. The Morgan fingerprint density at radius 2 is 0.614 bits per heavy atom. The van der Waals surface area contributed by atoms with Gasteiger partial charge in [-0.05, 0) is 103 Å². The predicted octanol–water partition coefficient (Wildman–Crippen LogP) is 20.1. The molecule has 0 aromatic heterocycles. The van der Waals surface area contributed by atoms with Crippen molar-refractivity contribution in [2.24, 2.45) is 0 Å². The van der Waals surface area contributed by atoms with Gasteiger partial charge in [0.25, 0.3) is 0 Å². The molecule has 0 aliphatic carbocycles. The molecule has 5 nitrogen and oxygen atoms in total. The number of unbranched alkanes of at least 4 members (excludes halogenated alkanes) is 27. The van der Waals surface area contributed by atoms with E-state index < -0.39 is 6.10 Å². The molecule has 0 aromatic rings. The van der Waals surface area contributed by atoms with Crippen LogP contribution in [-0.4, -0.2) is 36.4 Å². The minimum atomic E-state index is -0.785. The van der Waals surface area contributed by atoms with Crippen LogP contribution in [0.25, 0.3) is 0 Å². The molecule has 0 aromatic carbocycles. The van der Waals surface area contributed by atoms with Gasteiger partial charge < -0.3 is 14.6 Å². The molecule has 70 heavy (non-hydrogen) atoms. The third-order valence-electron chi connectivity index (χ3n) is 12.6. The SMILES string of the molecule is CC/C=C\C/C=C\C/C=C\C/C=C\C/C=C\C/C=C\CCCCCCCCCCC(=O)OC(CO)COC(=O)CCCCCCCCCCCCCCCC/C=C\C/C=C\C/C=C\CCCCCCC. The minimum absolute atomic E-state index is 0.0743. The van der Waals surface area contributed by atoms with E-state index in [0.29, 0.717) is 12.8 Å². The molecule has 0 aliphatic rings. The van der Waals surface area contributed by atoms with E-state index in [0.717, 1.165) is 96.3 Å². The van der Waals surface area contributed by atoms with Crippen molar-refractivity contribution < 1.29 is 24.2 Å². The standard InChI is InChI=1S/C65H110O5/c1-3-5-7-9-11-13-15-17-19-21-23-25-27-29-31-32-34-35-37-39-41-43-45-47-49-51-53-55-57-59-64(67)69-62-63(61-66)70-65(68)60-58-56-54-52-50-48-46-44-42-40-38-36-33-30-28-26-24-22-20-18-16-14-12-10-8-6-4-2/h6,8,12,14-15,17-18,20-21,23-24,26-27,29-30,33,38,40,63,66H,3-5,7,9-11,13,16,19,22,25,28,31-32,34-37,39,41-62H2,1-2H3/b8-6-,14-12-,17-15-,20-18-,23-21-,26-24-,29-27-,33-30-,40-38-. The zero-order chi connectivity index (χ0) is 50.6. The minimum Gasteiger partial charge on any atom is -0.462 e. The molecule has 0 aliphatic heterocycles. The fourth-order valence-corrected chi connectivity index (χ4v) is 8.15. The van der Waals surface area contributed by atoms with E-state index in [4.69, 9.17) is 9.47 Å². The van der Waals surface area contributed by atoms with Gasteiger partial charge in [0.15, 0.2) is 6.10 Å². The number of rotatable bonds is 53. The topological polar surface area (TPSA) is 72.8 Å².